The molecule has 0 aliphatic rings. The Morgan fingerprint density at radius 2 is 1.88 bits per heavy atom. The van der Waals surface area contributed by atoms with Crippen molar-refractivity contribution in [3.05, 3.63) is 72.1 Å². The van der Waals surface area contributed by atoms with Crippen LogP contribution in [-0.2, 0) is 17.9 Å². The van der Waals surface area contributed by atoms with Gasteiger partial charge in [-0.25, -0.2) is 23.7 Å². The summed E-state index contributed by atoms with van der Waals surface area (Å²) in [4.78, 5) is 17.5. The fourth-order valence-corrected chi connectivity index (χ4v) is 3.88. The lowest BCUT2D eigenvalue weighted by Crippen LogP contribution is -2.09. The Labute approximate surface area is 192 Å². The zero-order chi connectivity index (χ0) is 23.7. The van der Waals surface area contributed by atoms with Gasteiger partial charge in [0.1, 0.15) is 35.9 Å². The first-order chi connectivity index (χ1) is 16.6. The lowest BCUT2D eigenvalue weighted by Gasteiger charge is -2.11. The van der Waals surface area contributed by atoms with Gasteiger partial charge in [0.25, 0.3) is 0 Å². The maximum atomic E-state index is 13.8. The largest absolute Gasteiger partial charge is 0.479 e. The Hall–Kier alpha value is -3.96. The molecule has 0 saturated carbocycles. The molecular weight excluding hydrogens is 446 g/mol. The maximum Gasteiger partial charge on any atom is 0.241 e. The van der Waals surface area contributed by atoms with Gasteiger partial charge in [0.05, 0.1) is 43.2 Å². The number of ether oxygens (including phenoxy) is 2. The van der Waals surface area contributed by atoms with Gasteiger partial charge in [-0.05, 0) is 29.8 Å². The van der Waals surface area contributed by atoms with Gasteiger partial charge >= 0.3 is 0 Å². The third kappa shape index (κ3) is 4.06. The second-order valence-electron chi connectivity index (χ2n) is 7.51. The molecular formula is C23H20F2N6O3. The molecule has 0 bridgehead atoms. The lowest BCUT2D eigenvalue weighted by molar-refractivity contribution is 0.0764. The van der Waals surface area contributed by atoms with Gasteiger partial charge in [0.2, 0.25) is 5.88 Å². The van der Waals surface area contributed by atoms with Crippen molar-refractivity contribution in [3.8, 4) is 11.6 Å². The quantitative estimate of drug-likeness (QED) is 0.351. The molecule has 0 radical (unpaired) electrons. The van der Waals surface area contributed by atoms with Crippen LogP contribution in [0, 0.1) is 11.6 Å². The molecule has 34 heavy (non-hydrogen) atoms. The van der Waals surface area contributed by atoms with Crippen LogP contribution in [0.25, 0.3) is 27.9 Å². The van der Waals surface area contributed by atoms with E-state index >= 15 is 0 Å². The zero-order valence-corrected chi connectivity index (χ0v) is 18.2. The van der Waals surface area contributed by atoms with Crippen molar-refractivity contribution >= 4 is 22.2 Å². The van der Waals surface area contributed by atoms with Crippen LogP contribution < -0.4 is 4.74 Å². The van der Waals surface area contributed by atoms with Crippen molar-refractivity contribution in [2.24, 2.45) is 0 Å². The van der Waals surface area contributed by atoms with Gasteiger partial charge in [-0.2, -0.15) is 4.98 Å². The van der Waals surface area contributed by atoms with Gasteiger partial charge in [0.15, 0.2) is 5.65 Å². The summed E-state index contributed by atoms with van der Waals surface area (Å²) in [5.74, 6) is -0.405. The van der Waals surface area contributed by atoms with E-state index in [0.717, 1.165) is 6.07 Å². The molecule has 5 aromatic rings. The van der Waals surface area contributed by atoms with Crippen LogP contribution in [0.5, 0.6) is 5.88 Å². The number of imidazole rings is 1. The fraction of sp³-hybridized carbons (Fsp3) is 0.217. The Morgan fingerprint density at radius 3 is 2.65 bits per heavy atom. The summed E-state index contributed by atoms with van der Waals surface area (Å²) in [5.41, 5.74) is 3.59. The molecule has 0 fully saturated rings. The van der Waals surface area contributed by atoms with Crippen LogP contribution >= 0.6 is 0 Å². The van der Waals surface area contributed by atoms with Crippen LogP contribution in [0.15, 0.2) is 49.1 Å². The number of rotatable bonds is 8. The molecule has 0 unspecified atom stereocenters. The number of aromatic nitrogens is 6. The number of pyridine rings is 1. The van der Waals surface area contributed by atoms with Crippen molar-refractivity contribution in [1.29, 1.82) is 0 Å². The fourth-order valence-electron chi connectivity index (χ4n) is 3.88. The summed E-state index contributed by atoms with van der Waals surface area (Å²) in [6, 6.07) is 7.07. The third-order valence-corrected chi connectivity index (χ3v) is 5.31. The second kappa shape index (κ2) is 9.12. The molecule has 1 N–H and O–H groups in total. The summed E-state index contributed by atoms with van der Waals surface area (Å²) < 4.78 is 42.2. The number of methoxy groups -OCH3 is 1. The normalized spacial score (nSPS) is 11.5. The highest BCUT2D eigenvalue weighted by Crippen LogP contribution is 2.27. The van der Waals surface area contributed by atoms with Gasteiger partial charge in [0, 0.05) is 18.8 Å². The minimum absolute atomic E-state index is 0.0954. The van der Waals surface area contributed by atoms with E-state index in [1.165, 1.54) is 25.6 Å². The molecule has 5 rings (SSSR count). The number of fused-ring (bicyclic) bond motifs is 2. The zero-order valence-electron chi connectivity index (χ0n) is 18.2. The van der Waals surface area contributed by atoms with E-state index in [9.17, 15) is 8.78 Å². The molecule has 174 valence electrons. The summed E-state index contributed by atoms with van der Waals surface area (Å²) in [7, 11) is 1.53. The van der Waals surface area contributed by atoms with Gasteiger partial charge < -0.3 is 23.7 Å². The molecule has 4 aromatic heterocycles. The predicted molar refractivity (Wildman–Crippen MR) is 119 cm³/mol. The van der Waals surface area contributed by atoms with Crippen molar-refractivity contribution in [1.82, 2.24) is 29.1 Å². The number of aliphatic hydroxyl groups is 1. The maximum absolute atomic E-state index is 13.8. The van der Waals surface area contributed by atoms with Crippen molar-refractivity contribution in [2.75, 3.05) is 20.3 Å². The van der Waals surface area contributed by atoms with Crippen LogP contribution in [0.2, 0.25) is 0 Å². The monoisotopic (exact) mass is 466 g/mol. The lowest BCUT2D eigenvalue weighted by atomic mass is 10.2. The first kappa shape index (κ1) is 21.9. The van der Waals surface area contributed by atoms with Crippen molar-refractivity contribution in [2.45, 2.75) is 13.2 Å². The third-order valence-electron chi connectivity index (χ3n) is 5.31. The highest BCUT2D eigenvalue weighted by molar-refractivity contribution is 5.83. The second-order valence-corrected chi connectivity index (χ2v) is 7.51. The van der Waals surface area contributed by atoms with Crippen molar-refractivity contribution in [3.63, 3.8) is 0 Å². The standard InChI is InChI=1S/C23H20F2N6O3/c1-33-23-21-18(27-13-28-23)2-3-30(21)17-9-19-22(26-10-17)29-20(12-34-5-4-32)31(19)11-14-6-15(24)8-16(25)7-14/h2-3,6-10,13,32H,4-5,11-12H2,1H3. The number of nitrogens with zero attached hydrogens (tertiary/aromatic N) is 6. The van der Waals surface area contributed by atoms with Crippen LogP contribution in [-0.4, -0.2) is 54.5 Å². The van der Waals surface area contributed by atoms with Gasteiger partial charge in [-0.15, -0.1) is 0 Å². The van der Waals surface area contributed by atoms with E-state index in [-0.39, 0.29) is 26.4 Å². The first-order valence-electron chi connectivity index (χ1n) is 10.4. The molecule has 11 heteroatoms. The summed E-state index contributed by atoms with van der Waals surface area (Å²) >= 11 is 0. The minimum atomic E-state index is -0.665. The van der Waals surface area contributed by atoms with E-state index in [1.807, 2.05) is 22.9 Å². The van der Waals surface area contributed by atoms with Crippen molar-refractivity contribution < 1.29 is 23.4 Å². The van der Waals surface area contributed by atoms with Crippen LogP contribution in [0.1, 0.15) is 11.4 Å². The average molecular weight is 466 g/mol. The smallest absolute Gasteiger partial charge is 0.241 e. The molecule has 9 nitrogen and oxygen atoms in total. The predicted octanol–water partition coefficient (Wildman–Crippen LogP) is 3.01. The molecule has 0 saturated heterocycles. The summed E-state index contributed by atoms with van der Waals surface area (Å²) in [6.07, 6.45) is 4.92. The highest BCUT2D eigenvalue weighted by Gasteiger charge is 2.17. The van der Waals surface area contributed by atoms with E-state index in [4.69, 9.17) is 14.6 Å². The molecule has 4 heterocycles. The molecule has 0 aliphatic carbocycles. The number of aliphatic hydroxyl groups excluding tert-OH is 1. The summed E-state index contributed by atoms with van der Waals surface area (Å²) in [5, 5.41) is 9.05. The van der Waals surface area contributed by atoms with E-state index in [0.29, 0.717) is 45.2 Å². The SMILES string of the molecule is COc1ncnc2ccn(-c3cnc4nc(COCCO)n(Cc5cc(F)cc(F)c5)c4c3)c12. The molecule has 0 aliphatic heterocycles. The minimum Gasteiger partial charge on any atom is -0.479 e. The Bertz CT molecular complexity index is 1460. The Kier molecular flexibility index (Phi) is 5.86. The highest BCUT2D eigenvalue weighted by atomic mass is 19.1. The first-order valence-corrected chi connectivity index (χ1v) is 10.4. The number of halogens is 2. The average Bonchev–Trinajstić information content (AvgIpc) is 3.40. The number of benzene rings is 1. The van der Waals surface area contributed by atoms with E-state index in [1.54, 1.807) is 10.8 Å². The summed E-state index contributed by atoms with van der Waals surface area (Å²) in [6.45, 7) is 0.235. The number of hydrogen-bond donors (Lipinski definition) is 1. The number of hydrogen-bond acceptors (Lipinski definition) is 7. The van der Waals surface area contributed by atoms with Gasteiger partial charge in [-0.1, -0.05) is 0 Å². The Balaban J connectivity index is 1.64. The topological polar surface area (TPSA) is 100 Å². The molecule has 0 atom stereocenters. The van der Waals surface area contributed by atoms with Crippen LogP contribution in [0.3, 0.4) is 0 Å². The molecule has 0 spiro atoms. The Morgan fingerprint density at radius 1 is 1.06 bits per heavy atom. The van der Waals surface area contributed by atoms with Crippen LogP contribution in [0.4, 0.5) is 8.78 Å². The molecule has 0 amide bonds. The van der Waals surface area contributed by atoms with E-state index < -0.39 is 11.6 Å². The van der Waals surface area contributed by atoms with E-state index in [2.05, 4.69) is 19.9 Å². The van der Waals surface area contributed by atoms with Gasteiger partial charge in [-0.3, -0.25) is 0 Å². The molecule has 1 aromatic carbocycles.